The van der Waals surface area contributed by atoms with Crippen LogP contribution in [0.1, 0.15) is 23.8 Å². The summed E-state index contributed by atoms with van der Waals surface area (Å²) in [6.45, 7) is 1.68. The van der Waals surface area contributed by atoms with Gasteiger partial charge in [0.15, 0.2) is 11.5 Å². The number of anilines is 1. The predicted molar refractivity (Wildman–Crippen MR) is 47.9 cm³/mol. The van der Waals surface area contributed by atoms with E-state index >= 15 is 0 Å². The number of aromatic carboxylic acids is 1. The van der Waals surface area contributed by atoms with Crippen LogP contribution in [0.2, 0.25) is 0 Å². The van der Waals surface area contributed by atoms with Crippen molar-refractivity contribution >= 4 is 17.7 Å². The van der Waals surface area contributed by atoms with Crippen molar-refractivity contribution in [2.75, 3.05) is 5.32 Å². The summed E-state index contributed by atoms with van der Waals surface area (Å²) < 4.78 is 0. The third kappa shape index (κ3) is 2.51. The number of hydrogen-bond acceptors (Lipinski definition) is 4. The van der Waals surface area contributed by atoms with Gasteiger partial charge in [0.25, 0.3) is 0 Å². The molecule has 0 saturated heterocycles. The minimum absolute atomic E-state index is 0.150. The first-order valence-corrected chi connectivity index (χ1v) is 3.98. The number of carboxylic acid groups (broad SMARTS) is 1. The third-order valence-electron chi connectivity index (χ3n) is 1.44. The van der Waals surface area contributed by atoms with E-state index in [2.05, 4.69) is 15.3 Å². The fourth-order valence-electron chi connectivity index (χ4n) is 0.760. The van der Waals surface area contributed by atoms with E-state index in [9.17, 15) is 9.59 Å². The Kier molecular flexibility index (Phi) is 3.11. The maximum atomic E-state index is 10.9. The fourth-order valence-corrected chi connectivity index (χ4v) is 0.760. The molecule has 0 saturated carbocycles. The van der Waals surface area contributed by atoms with E-state index in [4.69, 9.17) is 5.11 Å². The highest BCUT2D eigenvalue weighted by atomic mass is 16.4. The van der Waals surface area contributed by atoms with Gasteiger partial charge in [0, 0.05) is 6.42 Å². The fraction of sp³-hybridized carbons (Fsp3) is 0.250. The van der Waals surface area contributed by atoms with Crippen LogP contribution in [-0.4, -0.2) is 27.0 Å². The van der Waals surface area contributed by atoms with Gasteiger partial charge < -0.3 is 10.4 Å². The molecule has 6 nitrogen and oxygen atoms in total. The molecule has 6 heteroatoms. The number of carboxylic acids is 1. The van der Waals surface area contributed by atoms with E-state index in [1.807, 2.05) is 0 Å². The lowest BCUT2D eigenvalue weighted by atomic mass is 10.4. The van der Waals surface area contributed by atoms with Crippen molar-refractivity contribution in [2.24, 2.45) is 0 Å². The zero-order chi connectivity index (χ0) is 10.6. The molecule has 1 heterocycles. The Morgan fingerprint density at radius 1 is 1.50 bits per heavy atom. The Labute approximate surface area is 80.0 Å². The second-order valence-corrected chi connectivity index (χ2v) is 2.50. The second-order valence-electron chi connectivity index (χ2n) is 2.50. The third-order valence-corrected chi connectivity index (χ3v) is 1.44. The van der Waals surface area contributed by atoms with Crippen LogP contribution in [0.3, 0.4) is 0 Å². The number of amides is 1. The molecule has 0 spiro atoms. The molecule has 0 aliphatic rings. The average Bonchev–Trinajstić information content (AvgIpc) is 2.18. The van der Waals surface area contributed by atoms with Crippen molar-refractivity contribution in [3.05, 3.63) is 18.1 Å². The van der Waals surface area contributed by atoms with Crippen LogP contribution in [0.15, 0.2) is 12.4 Å². The minimum atomic E-state index is -1.18. The van der Waals surface area contributed by atoms with Crippen molar-refractivity contribution in [2.45, 2.75) is 13.3 Å². The number of rotatable bonds is 3. The van der Waals surface area contributed by atoms with Gasteiger partial charge >= 0.3 is 5.97 Å². The molecule has 14 heavy (non-hydrogen) atoms. The van der Waals surface area contributed by atoms with Gasteiger partial charge in [-0.15, -0.1) is 0 Å². The van der Waals surface area contributed by atoms with Crippen LogP contribution in [0.5, 0.6) is 0 Å². The normalized spacial score (nSPS) is 9.50. The summed E-state index contributed by atoms with van der Waals surface area (Å²) in [5.41, 5.74) is -0.195. The number of carbonyl (C=O) groups is 2. The molecule has 0 bridgehead atoms. The maximum absolute atomic E-state index is 10.9. The summed E-state index contributed by atoms with van der Waals surface area (Å²) >= 11 is 0. The number of hydrogen-bond donors (Lipinski definition) is 2. The molecule has 0 aliphatic heterocycles. The van der Waals surface area contributed by atoms with Gasteiger partial charge in [-0.25, -0.2) is 9.78 Å². The summed E-state index contributed by atoms with van der Waals surface area (Å²) in [5.74, 6) is -1.26. The molecule has 0 aliphatic carbocycles. The quantitative estimate of drug-likeness (QED) is 0.733. The average molecular weight is 195 g/mol. The van der Waals surface area contributed by atoms with Crippen molar-refractivity contribution in [3.63, 3.8) is 0 Å². The van der Waals surface area contributed by atoms with Crippen LogP contribution in [0, 0.1) is 0 Å². The van der Waals surface area contributed by atoms with E-state index in [0.717, 1.165) is 6.20 Å². The molecule has 1 rings (SSSR count). The lowest BCUT2D eigenvalue weighted by Gasteiger charge is -2.01. The molecule has 74 valence electrons. The summed E-state index contributed by atoms with van der Waals surface area (Å²) in [5, 5.41) is 11.0. The van der Waals surface area contributed by atoms with Gasteiger partial charge in [-0.05, 0) is 0 Å². The molecule has 2 N–H and O–H groups in total. The van der Waals surface area contributed by atoms with E-state index in [1.54, 1.807) is 6.92 Å². The molecule has 1 aromatic rings. The Morgan fingerprint density at radius 2 is 2.21 bits per heavy atom. The molecule has 0 radical (unpaired) electrons. The Morgan fingerprint density at radius 3 is 2.79 bits per heavy atom. The zero-order valence-electron chi connectivity index (χ0n) is 7.52. The first-order chi connectivity index (χ1) is 6.63. The van der Waals surface area contributed by atoms with Crippen LogP contribution < -0.4 is 5.32 Å². The zero-order valence-corrected chi connectivity index (χ0v) is 7.52. The van der Waals surface area contributed by atoms with Crippen molar-refractivity contribution in [1.29, 1.82) is 0 Å². The van der Waals surface area contributed by atoms with Gasteiger partial charge in [0.05, 0.1) is 12.4 Å². The molecule has 1 aromatic heterocycles. The Hall–Kier alpha value is -1.98. The number of aromatic nitrogens is 2. The van der Waals surface area contributed by atoms with Gasteiger partial charge in [0.2, 0.25) is 5.91 Å². The minimum Gasteiger partial charge on any atom is -0.476 e. The van der Waals surface area contributed by atoms with E-state index in [0.29, 0.717) is 6.42 Å². The molecule has 0 atom stereocenters. The summed E-state index contributed by atoms with van der Waals surface area (Å²) in [6, 6.07) is 0. The Balaban J connectivity index is 2.83. The van der Waals surface area contributed by atoms with Crippen molar-refractivity contribution in [3.8, 4) is 0 Å². The smallest absolute Gasteiger partial charge is 0.356 e. The highest BCUT2D eigenvalue weighted by Crippen LogP contribution is 2.02. The summed E-state index contributed by atoms with van der Waals surface area (Å²) in [7, 11) is 0. The molecule has 0 unspecified atom stereocenters. The standard InChI is InChI=1S/C8H9N3O3/c1-2-7(12)11-6-4-9-3-5(10-6)8(13)14/h3-4H,2H2,1H3,(H,13,14)(H,10,11,12). The van der Waals surface area contributed by atoms with Crippen LogP contribution in [-0.2, 0) is 4.79 Å². The molecule has 0 aromatic carbocycles. The van der Waals surface area contributed by atoms with Crippen LogP contribution in [0.25, 0.3) is 0 Å². The molecular weight excluding hydrogens is 186 g/mol. The maximum Gasteiger partial charge on any atom is 0.356 e. The van der Waals surface area contributed by atoms with Gasteiger partial charge in [-0.2, -0.15) is 0 Å². The predicted octanol–water partition coefficient (Wildman–Crippen LogP) is 0.523. The molecule has 0 fully saturated rings. The SMILES string of the molecule is CCC(=O)Nc1cncc(C(=O)O)n1. The van der Waals surface area contributed by atoms with E-state index in [-0.39, 0.29) is 17.4 Å². The first-order valence-electron chi connectivity index (χ1n) is 3.98. The van der Waals surface area contributed by atoms with E-state index < -0.39 is 5.97 Å². The number of nitrogens with one attached hydrogen (secondary N) is 1. The highest BCUT2D eigenvalue weighted by molar-refractivity contribution is 5.90. The Bertz CT molecular complexity index is 365. The lowest BCUT2D eigenvalue weighted by Crippen LogP contribution is -2.12. The summed E-state index contributed by atoms with van der Waals surface area (Å²) in [6.07, 6.45) is 2.71. The van der Waals surface area contributed by atoms with Crippen molar-refractivity contribution < 1.29 is 14.7 Å². The molecular formula is C8H9N3O3. The number of nitrogens with zero attached hydrogens (tertiary/aromatic N) is 2. The van der Waals surface area contributed by atoms with Crippen LogP contribution in [0.4, 0.5) is 5.82 Å². The van der Waals surface area contributed by atoms with Gasteiger partial charge in [-0.1, -0.05) is 6.92 Å². The van der Waals surface area contributed by atoms with E-state index in [1.165, 1.54) is 6.20 Å². The first kappa shape index (κ1) is 10.1. The lowest BCUT2D eigenvalue weighted by molar-refractivity contribution is -0.115. The largest absolute Gasteiger partial charge is 0.476 e. The summed E-state index contributed by atoms with van der Waals surface area (Å²) in [4.78, 5) is 28.7. The van der Waals surface area contributed by atoms with Crippen LogP contribution >= 0.6 is 0 Å². The van der Waals surface area contributed by atoms with Crippen molar-refractivity contribution in [1.82, 2.24) is 9.97 Å². The monoisotopic (exact) mass is 195 g/mol. The molecule has 1 amide bonds. The second kappa shape index (κ2) is 4.31. The van der Waals surface area contributed by atoms with Gasteiger partial charge in [-0.3, -0.25) is 9.78 Å². The topological polar surface area (TPSA) is 92.2 Å². The highest BCUT2D eigenvalue weighted by Gasteiger charge is 2.07. The van der Waals surface area contributed by atoms with Gasteiger partial charge in [0.1, 0.15) is 0 Å². The number of carbonyl (C=O) groups excluding carboxylic acids is 1.